The van der Waals surface area contributed by atoms with Crippen LogP contribution in [0.15, 0.2) is 83.8 Å². The van der Waals surface area contributed by atoms with Gasteiger partial charge < -0.3 is 8.83 Å². The molecule has 0 spiro atoms. The van der Waals surface area contributed by atoms with E-state index in [2.05, 4.69) is 41.7 Å². The van der Waals surface area contributed by atoms with Gasteiger partial charge in [0.25, 0.3) is 5.56 Å². The number of aromatic nitrogens is 2. The third-order valence-corrected chi connectivity index (χ3v) is 6.15. The highest BCUT2D eigenvalue weighted by atomic mass is 79.9. The van der Waals surface area contributed by atoms with E-state index in [1.165, 1.54) is 4.57 Å². The molecule has 0 fully saturated rings. The summed E-state index contributed by atoms with van der Waals surface area (Å²) in [6, 6.07) is 16.6. The summed E-state index contributed by atoms with van der Waals surface area (Å²) in [5.41, 5.74) is 1.41. The molecular formula is C26H21BrN2O4. The Hall–Kier alpha value is -3.45. The number of fused-ring (bicyclic) bond motifs is 2. The van der Waals surface area contributed by atoms with Crippen LogP contribution < -0.4 is 11.0 Å². The molecular weight excluding hydrogens is 484 g/mol. The Balaban J connectivity index is 1.81. The molecule has 5 rings (SSSR count). The summed E-state index contributed by atoms with van der Waals surface area (Å²) in [5, 5.41) is 0.241. The van der Waals surface area contributed by atoms with Crippen LogP contribution in [-0.2, 0) is 12.0 Å². The quantitative estimate of drug-likeness (QED) is 0.287. The van der Waals surface area contributed by atoms with Crippen molar-refractivity contribution in [2.75, 3.05) is 0 Å². The largest absolute Gasteiger partial charge is 0.467 e. The average Bonchev–Trinajstić information content (AvgIpc) is 3.29. The van der Waals surface area contributed by atoms with Gasteiger partial charge >= 0.3 is 0 Å². The van der Waals surface area contributed by atoms with Crippen LogP contribution in [0.5, 0.6) is 0 Å². The summed E-state index contributed by atoms with van der Waals surface area (Å²) < 4.78 is 13.6. The molecule has 2 aromatic carbocycles. The van der Waals surface area contributed by atoms with Crippen LogP contribution in [0.25, 0.3) is 33.5 Å². The Labute approximate surface area is 197 Å². The van der Waals surface area contributed by atoms with Gasteiger partial charge in [-0.25, -0.2) is 0 Å². The zero-order valence-corrected chi connectivity index (χ0v) is 20.0. The van der Waals surface area contributed by atoms with Crippen molar-refractivity contribution in [3.63, 3.8) is 0 Å². The lowest BCUT2D eigenvalue weighted by atomic mass is 9.86. The van der Waals surface area contributed by atoms with E-state index in [0.29, 0.717) is 22.6 Å². The first-order valence-electron chi connectivity index (χ1n) is 10.5. The summed E-state index contributed by atoms with van der Waals surface area (Å²) in [6.07, 6.45) is 1.55. The predicted molar refractivity (Wildman–Crippen MR) is 132 cm³/mol. The van der Waals surface area contributed by atoms with Crippen molar-refractivity contribution >= 4 is 38.0 Å². The zero-order chi connectivity index (χ0) is 23.3. The van der Waals surface area contributed by atoms with E-state index in [1.54, 1.807) is 36.6 Å². The number of nitrogens with zero attached hydrogens (tertiary/aromatic N) is 2. The second-order valence-electron chi connectivity index (χ2n) is 8.99. The van der Waals surface area contributed by atoms with Gasteiger partial charge in [-0.3, -0.25) is 14.2 Å². The highest BCUT2D eigenvalue weighted by Crippen LogP contribution is 2.27. The number of furan rings is 1. The van der Waals surface area contributed by atoms with E-state index in [0.717, 1.165) is 15.6 Å². The Morgan fingerprint density at radius 1 is 1.03 bits per heavy atom. The Morgan fingerprint density at radius 2 is 1.79 bits per heavy atom. The van der Waals surface area contributed by atoms with Gasteiger partial charge in [0.15, 0.2) is 5.39 Å². The molecule has 0 saturated carbocycles. The molecule has 0 atom stereocenters. The first-order chi connectivity index (χ1) is 15.7. The second-order valence-corrected chi connectivity index (χ2v) is 9.90. The maximum Gasteiger partial charge on any atom is 0.269 e. The molecule has 6 nitrogen and oxygen atoms in total. The third kappa shape index (κ3) is 3.82. The van der Waals surface area contributed by atoms with E-state index in [-0.39, 0.29) is 23.1 Å². The summed E-state index contributed by atoms with van der Waals surface area (Å²) in [5.74, 6) is 0.989. The summed E-state index contributed by atoms with van der Waals surface area (Å²) in [6.45, 7) is 6.56. The van der Waals surface area contributed by atoms with Gasteiger partial charge in [-0.05, 0) is 41.3 Å². The van der Waals surface area contributed by atoms with Crippen molar-refractivity contribution in [2.45, 2.75) is 32.7 Å². The zero-order valence-electron chi connectivity index (χ0n) is 18.4. The van der Waals surface area contributed by atoms with Gasteiger partial charge in [0.05, 0.1) is 18.2 Å². The molecule has 0 amide bonds. The summed E-state index contributed by atoms with van der Waals surface area (Å²) >= 11 is 3.37. The SMILES string of the molecule is CC(C)(C)c1ccc(-c2nc3oc4ccc(Br)cc4c(=O)c3c(=O)n2Cc2ccco2)cc1. The number of hydrogen-bond acceptors (Lipinski definition) is 5. The lowest BCUT2D eigenvalue weighted by Gasteiger charge is -2.19. The molecule has 0 unspecified atom stereocenters. The van der Waals surface area contributed by atoms with E-state index in [1.807, 2.05) is 24.3 Å². The van der Waals surface area contributed by atoms with Crippen LogP contribution in [0.4, 0.5) is 0 Å². The molecule has 0 N–H and O–H groups in total. The Kier molecular flexibility index (Phi) is 5.09. The fourth-order valence-electron chi connectivity index (χ4n) is 3.86. The van der Waals surface area contributed by atoms with E-state index in [9.17, 15) is 9.59 Å². The Morgan fingerprint density at radius 3 is 2.45 bits per heavy atom. The van der Waals surface area contributed by atoms with Crippen LogP contribution in [0, 0.1) is 0 Å². The summed E-state index contributed by atoms with van der Waals surface area (Å²) in [4.78, 5) is 31.5. The van der Waals surface area contributed by atoms with Gasteiger partial charge in [-0.15, -0.1) is 0 Å². The smallest absolute Gasteiger partial charge is 0.269 e. The maximum atomic E-state index is 13.6. The van der Waals surface area contributed by atoms with Gasteiger partial charge in [-0.2, -0.15) is 4.98 Å². The highest BCUT2D eigenvalue weighted by molar-refractivity contribution is 9.10. The van der Waals surface area contributed by atoms with Crippen LogP contribution in [0.3, 0.4) is 0 Å². The first kappa shape index (κ1) is 21.4. The van der Waals surface area contributed by atoms with Crippen LogP contribution >= 0.6 is 15.9 Å². The fourth-order valence-corrected chi connectivity index (χ4v) is 4.22. The van der Waals surface area contributed by atoms with Crippen molar-refractivity contribution in [1.82, 2.24) is 9.55 Å². The van der Waals surface area contributed by atoms with E-state index >= 15 is 0 Å². The number of rotatable bonds is 3. The number of hydrogen-bond donors (Lipinski definition) is 0. The van der Waals surface area contributed by atoms with Gasteiger partial charge in [0.2, 0.25) is 11.1 Å². The molecule has 7 heteroatoms. The minimum Gasteiger partial charge on any atom is -0.467 e. The molecule has 0 aliphatic rings. The molecule has 3 heterocycles. The van der Waals surface area contributed by atoms with E-state index in [4.69, 9.17) is 8.83 Å². The lowest BCUT2D eigenvalue weighted by Crippen LogP contribution is -2.28. The molecule has 5 aromatic rings. The average molecular weight is 505 g/mol. The van der Waals surface area contributed by atoms with Gasteiger partial charge in [0, 0.05) is 10.0 Å². The van der Waals surface area contributed by atoms with Crippen molar-refractivity contribution in [2.24, 2.45) is 0 Å². The highest BCUT2D eigenvalue weighted by Gasteiger charge is 2.21. The normalized spacial score (nSPS) is 12.0. The molecule has 0 aliphatic heterocycles. The summed E-state index contributed by atoms with van der Waals surface area (Å²) in [7, 11) is 0. The van der Waals surface area contributed by atoms with Gasteiger partial charge in [0.1, 0.15) is 17.2 Å². The van der Waals surface area contributed by atoms with Gasteiger partial charge in [-0.1, -0.05) is 61.0 Å². The predicted octanol–water partition coefficient (Wildman–Crippen LogP) is 5.87. The standard InChI is InChI=1S/C26H21BrN2O4/c1-26(2,3)16-8-6-15(7-9-16)23-28-24-21(25(31)29(23)14-18-5-4-12-32-18)22(30)19-13-17(27)10-11-20(19)33-24/h4-13H,14H2,1-3H3. The van der Waals surface area contributed by atoms with Crippen LogP contribution in [0.1, 0.15) is 32.1 Å². The Bertz CT molecular complexity index is 1610. The topological polar surface area (TPSA) is 78.2 Å². The molecule has 3 aromatic heterocycles. The van der Waals surface area contributed by atoms with E-state index < -0.39 is 11.0 Å². The lowest BCUT2D eigenvalue weighted by molar-refractivity contribution is 0.489. The maximum absolute atomic E-state index is 13.6. The molecule has 0 aliphatic carbocycles. The number of halogens is 1. The number of benzene rings is 2. The fraction of sp³-hybridized carbons (Fsp3) is 0.192. The van der Waals surface area contributed by atoms with Crippen molar-refractivity contribution in [3.8, 4) is 11.4 Å². The third-order valence-electron chi connectivity index (χ3n) is 5.66. The van der Waals surface area contributed by atoms with Crippen molar-refractivity contribution in [3.05, 3.63) is 97.2 Å². The van der Waals surface area contributed by atoms with Crippen LogP contribution in [-0.4, -0.2) is 9.55 Å². The van der Waals surface area contributed by atoms with Crippen LogP contribution in [0.2, 0.25) is 0 Å². The molecule has 0 bridgehead atoms. The first-order valence-corrected chi connectivity index (χ1v) is 11.3. The molecule has 0 radical (unpaired) electrons. The monoisotopic (exact) mass is 504 g/mol. The molecule has 33 heavy (non-hydrogen) atoms. The minimum absolute atomic E-state index is 0.0108. The molecule has 166 valence electrons. The van der Waals surface area contributed by atoms with Crippen molar-refractivity contribution < 1.29 is 8.83 Å². The minimum atomic E-state index is -0.470. The molecule has 0 saturated heterocycles. The van der Waals surface area contributed by atoms with Crippen molar-refractivity contribution in [1.29, 1.82) is 0 Å². The second kappa shape index (κ2) is 7.85.